The average Bonchev–Trinajstić information content (AvgIpc) is 2.11. The third-order valence-electron chi connectivity index (χ3n) is 2.90. The van der Waals surface area contributed by atoms with E-state index in [-0.39, 0.29) is 11.3 Å². The van der Waals surface area contributed by atoms with Crippen LogP contribution in [0.15, 0.2) is 0 Å². The van der Waals surface area contributed by atoms with Gasteiger partial charge in [-0.25, -0.2) is 0 Å². The van der Waals surface area contributed by atoms with Gasteiger partial charge in [0.25, 0.3) is 0 Å². The molecule has 0 aromatic heterocycles. The Morgan fingerprint density at radius 2 is 1.87 bits per heavy atom. The number of hydrogen-bond acceptors (Lipinski definition) is 2. The summed E-state index contributed by atoms with van der Waals surface area (Å²) in [6.45, 7) is 10.4. The van der Waals surface area contributed by atoms with Crippen molar-refractivity contribution in [1.29, 1.82) is 0 Å². The molecule has 0 rings (SSSR count). The van der Waals surface area contributed by atoms with Gasteiger partial charge in [0.2, 0.25) is 5.91 Å². The highest BCUT2D eigenvalue weighted by Crippen LogP contribution is 2.27. The molecule has 1 unspecified atom stereocenters. The standard InChI is InChI=1S/C12H26N2O/c1-10(12(2,3)4)9-11(15)14-8-6-7-13-5/h10,13H,6-9H2,1-5H3,(H,14,15). The topological polar surface area (TPSA) is 41.1 Å². The third kappa shape index (κ3) is 7.37. The highest BCUT2D eigenvalue weighted by atomic mass is 16.1. The summed E-state index contributed by atoms with van der Waals surface area (Å²) in [7, 11) is 1.92. The summed E-state index contributed by atoms with van der Waals surface area (Å²) >= 11 is 0. The molecule has 1 atom stereocenters. The molecule has 0 heterocycles. The largest absolute Gasteiger partial charge is 0.356 e. The summed E-state index contributed by atoms with van der Waals surface area (Å²) in [6, 6.07) is 0. The van der Waals surface area contributed by atoms with Gasteiger partial charge in [-0.15, -0.1) is 0 Å². The van der Waals surface area contributed by atoms with E-state index in [0.29, 0.717) is 12.3 Å². The molecule has 0 aliphatic heterocycles. The minimum Gasteiger partial charge on any atom is -0.356 e. The predicted molar refractivity (Wildman–Crippen MR) is 64.8 cm³/mol. The molecule has 0 aliphatic rings. The van der Waals surface area contributed by atoms with Crippen LogP contribution in [0.25, 0.3) is 0 Å². The lowest BCUT2D eigenvalue weighted by molar-refractivity contribution is -0.122. The second kappa shape index (κ2) is 6.83. The first-order valence-electron chi connectivity index (χ1n) is 5.79. The summed E-state index contributed by atoms with van der Waals surface area (Å²) in [5.41, 5.74) is 0.211. The molecular formula is C12H26N2O. The first-order chi connectivity index (χ1) is 6.88. The smallest absolute Gasteiger partial charge is 0.220 e. The van der Waals surface area contributed by atoms with Crippen LogP contribution in [0.4, 0.5) is 0 Å². The zero-order chi connectivity index (χ0) is 11.9. The van der Waals surface area contributed by atoms with Gasteiger partial charge in [-0.05, 0) is 31.3 Å². The maximum absolute atomic E-state index is 11.5. The second-order valence-corrected chi connectivity index (χ2v) is 5.28. The van der Waals surface area contributed by atoms with Gasteiger partial charge in [0, 0.05) is 13.0 Å². The summed E-state index contributed by atoms with van der Waals surface area (Å²) in [6.07, 6.45) is 1.62. The Morgan fingerprint density at radius 1 is 1.27 bits per heavy atom. The van der Waals surface area contributed by atoms with Gasteiger partial charge in [0.15, 0.2) is 0 Å². The Labute approximate surface area is 94.0 Å². The van der Waals surface area contributed by atoms with Crippen molar-refractivity contribution in [2.75, 3.05) is 20.1 Å². The lowest BCUT2D eigenvalue weighted by Gasteiger charge is -2.26. The lowest BCUT2D eigenvalue weighted by Crippen LogP contribution is -2.30. The average molecular weight is 214 g/mol. The van der Waals surface area contributed by atoms with Crippen molar-refractivity contribution in [3.63, 3.8) is 0 Å². The van der Waals surface area contributed by atoms with E-state index >= 15 is 0 Å². The molecule has 0 aliphatic carbocycles. The van der Waals surface area contributed by atoms with E-state index in [0.717, 1.165) is 19.5 Å². The van der Waals surface area contributed by atoms with Gasteiger partial charge in [-0.1, -0.05) is 27.7 Å². The van der Waals surface area contributed by atoms with Crippen LogP contribution in [0, 0.1) is 11.3 Å². The fraction of sp³-hybridized carbons (Fsp3) is 0.917. The van der Waals surface area contributed by atoms with Crippen LogP contribution in [-0.4, -0.2) is 26.0 Å². The van der Waals surface area contributed by atoms with Gasteiger partial charge in [0.1, 0.15) is 0 Å². The van der Waals surface area contributed by atoms with E-state index in [9.17, 15) is 4.79 Å². The van der Waals surface area contributed by atoms with Crippen molar-refractivity contribution in [3.8, 4) is 0 Å². The van der Waals surface area contributed by atoms with Crippen molar-refractivity contribution in [2.45, 2.75) is 40.5 Å². The molecule has 0 aromatic rings. The molecule has 2 N–H and O–H groups in total. The van der Waals surface area contributed by atoms with Crippen LogP contribution in [0.1, 0.15) is 40.5 Å². The first-order valence-corrected chi connectivity index (χ1v) is 5.79. The third-order valence-corrected chi connectivity index (χ3v) is 2.90. The Morgan fingerprint density at radius 3 is 2.33 bits per heavy atom. The zero-order valence-electron chi connectivity index (χ0n) is 10.8. The Balaban J connectivity index is 3.65. The lowest BCUT2D eigenvalue weighted by atomic mass is 9.80. The number of rotatable bonds is 6. The predicted octanol–water partition coefficient (Wildman–Crippen LogP) is 1.78. The maximum atomic E-state index is 11.5. The van der Waals surface area contributed by atoms with E-state index in [1.165, 1.54) is 0 Å². The number of carbonyl (C=O) groups is 1. The summed E-state index contributed by atoms with van der Waals surface area (Å²) < 4.78 is 0. The molecule has 0 fully saturated rings. The van der Waals surface area contributed by atoms with Crippen LogP contribution >= 0.6 is 0 Å². The monoisotopic (exact) mass is 214 g/mol. The molecule has 0 spiro atoms. The molecule has 0 saturated heterocycles. The van der Waals surface area contributed by atoms with E-state index in [1.807, 2.05) is 7.05 Å². The van der Waals surface area contributed by atoms with Crippen molar-refractivity contribution in [3.05, 3.63) is 0 Å². The summed E-state index contributed by atoms with van der Waals surface area (Å²) in [5, 5.41) is 6.00. The molecule has 15 heavy (non-hydrogen) atoms. The molecule has 0 saturated carbocycles. The van der Waals surface area contributed by atoms with Crippen molar-refractivity contribution in [2.24, 2.45) is 11.3 Å². The SMILES string of the molecule is CNCCCNC(=O)CC(C)C(C)(C)C. The van der Waals surface area contributed by atoms with Crippen molar-refractivity contribution in [1.82, 2.24) is 10.6 Å². The van der Waals surface area contributed by atoms with E-state index < -0.39 is 0 Å². The fourth-order valence-electron chi connectivity index (χ4n) is 1.15. The molecule has 0 aromatic carbocycles. The maximum Gasteiger partial charge on any atom is 0.220 e. The van der Waals surface area contributed by atoms with Gasteiger partial charge in [-0.3, -0.25) is 4.79 Å². The number of nitrogens with one attached hydrogen (secondary N) is 2. The van der Waals surface area contributed by atoms with Gasteiger partial charge in [-0.2, -0.15) is 0 Å². The summed E-state index contributed by atoms with van der Waals surface area (Å²) in [5.74, 6) is 0.593. The Bertz CT molecular complexity index is 185. The van der Waals surface area contributed by atoms with E-state index in [4.69, 9.17) is 0 Å². The minimum absolute atomic E-state index is 0.175. The minimum atomic E-state index is 0.175. The van der Waals surface area contributed by atoms with Crippen LogP contribution < -0.4 is 10.6 Å². The quantitative estimate of drug-likeness (QED) is 0.662. The normalized spacial score (nSPS) is 13.7. The van der Waals surface area contributed by atoms with E-state index in [2.05, 4.69) is 38.3 Å². The molecule has 0 radical (unpaired) electrons. The van der Waals surface area contributed by atoms with Crippen LogP contribution in [0.3, 0.4) is 0 Å². The fourth-order valence-corrected chi connectivity index (χ4v) is 1.15. The molecule has 3 heteroatoms. The zero-order valence-corrected chi connectivity index (χ0v) is 10.8. The first kappa shape index (κ1) is 14.4. The molecule has 1 amide bonds. The molecule has 90 valence electrons. The molecule has 3 nitrogen and oxygen atoms in total. The number of amides is 1. The second-order valence-electron chi connectivity index (χ2n) is 5.28. The highest BCUT2D eigenvalue weighted by molar-refractivity contribution is 5.76. The Hall–Kier alpha value is -0.570. The van der Waals surface area contributed by atoms with Crippen LogP contribution in [0.2, 0.25) is 0 Å². The van der Waals surface area contributed by atoms with Gasteiger partial charge in [0.05, 0.1) is 0 Å². The van der Waals surface area contributed by atoms with Crippen LogP contribution in [0.5, 0.6) is 0 Å². The number of carbonyl (C=O) groups excluding carboxylic acids is 1. The van der Waals surface area contributed by atoms with Crippen molar-refractivity contribution < 1.29 is 4.79 Å². The highest BCUT2D eigenvalue weighted by Gasteiger charge is 2.22. The molecular weight excluding hydrogens is 188 g/mol. The molecule has 0 bridgehead atoms. The van der Waals surface area contributed by atoms with Crippen molar-refractivity contribution >= 4 is 5.91 Å². The van der Waals surface area contributed by atoms with Crippen LogP contribution in [-0.2, 0) is 4.79 Å². The van der Waals surface area contributed by atoms with E-state index in [1.54, 1.807) is 0 Å². The Kier molecular flexibility index (Phi) is 6.57. The van der Waals surface area contributed by atoms with Gasteiger partial charge >= 0.3 is 0 Å². The van der Waals surface area contributed by atoms with Gasteiger partial charge < -0.3 is 10.6 Å². The number of hydrogen-bond donors (Lipinski definition) is 2. The summed E-state index contributed by atoms with van der Waals surface area (Å²) in [4.78, 5) is 11.5.